The standard InChI is InChI=1S/C19H14FN3O3S/c20-15-7-2-1-6-14(15)18-22-16(11-27-18)17(24)21-12-4-3-5-13(10-12)23-8-9-26-19(23)25/h1-7,10-11H,8-9H2,(H,21,24). The molecule has 0 aliphatic carbocycles. The predicted molar refractivity (Wildman–Crippen MR) is 101 cm³/mol. The molecule has 2 aromatic carbocycles. The third-order valence-corrected chi connectivity index (χ3v) is 4.89. The Morgan fingerprint density at radius 3 is 2.85 bits per heavy atom. The van der Waals surface area contributed by atoms with E-state index in [9.17, 15) is 14.0 Å². The molecule has 3 aromatic rings. The molecule has 0 atom stereocenters. The molecule has 8 heteroatoms. The largest absolute Gasteiger partial charge is 0.447 e. The van der Waals surface area contributed by atoms with Crippen LogP contribution in [0.25, 0.3) is 10.6 Å². The number of aromatic nitrogens is 1. The number of amides is 2. The van der Waals surface area contributed by atoms with Crippen LogP contribution in [0.1, 0.15) is 10.5 Å². The fourth-order valence-electron chi connectivity index (χ4n) is 2.71. The maximum absolute atomic E-state index is 13.9. The van der Waals surface area contributed by atoms with Crippen molar-refractivity contribution in [2.45, 2.75) is 0 Å². The van der Waals surface area contributed by atoms with Crippen LogP contribution in [0.2, 0.25) is 0 Å². The van der Waals surface area contributed by atoms with E-state index in [2.05, 4.69) is 10.3 Å². The van der Waals surface area contributed by atoms with Crippen molar-refractivity contribution in [1.82, 2.24) is 4.98 Å². The van der Waals surface area contributed by atoms with Crippen LogP contribution in [0.4, 0.5) is 20.6 Å². The summed E-state index contributed by atoms with van der Waals surface area (Å²) in [5.74, 6) is -0.793. The molecule has 0 spiro atoms. The van der Waals surface area contributed by atoms with Crippen LogP contribution in [0.5, 0.6) is 0 Å². The summed E-state index contributed by atoms with van der Waals surface area (Å²) in [5.41, 5.74) is 1.72. The summed E-state index contributed by atoms with van der Waals surface area (Å²) in [7, 11) is 0. The zero-order chi connectivity index (χ0) is 18.8. The van der Waals surface area contributed by atoms with Gasteiger partial charge in [-0.1, -0.05) is 18.2 Å². The average molecular weight is 383 g/mol. The molecule has 27 heavy (non-hydrogen) atoms. The first-order valence-electron chi connectivity index (χ1n) is 8.18. The summed E-state index contributed by atoms with van der Waals surface area (Å²) in [6.45, 7) is 0.807. The summed E-state index contributed by atoms with van der Waals surface area (Å²) in [4.78, 5) is 29.9. The van der Waals surface area contributed by atoms with Gasteiger partial charge in [-0.2, -0.15) is 0 Å². The number of carbonyl (C=O) groups is 2. The van der Waals surface area contributed by atoms with E-state index in [1.54, 1.807) is 47.8 Å². The van der Waals surface area contributed by atoms with E-state index in [0.29, 0.717) is 35.1 Å². The van der Waals surface area contributed by atoms with Crippen LogP contribution < -0.4 is 10.2 Å². The number of ether oxygens (including phenoxy) is 1. The Morgan fingerprint density at radius 2 is 2.07 bits per heavy atom. The van der Waals surface area contributed by atoms with Crippen LogP contribution in [-0.4, -0.2) is 30.1 Å². The van der Waals surface area contributed by atoms with E-state index >= 15 is 0 Å². The van der Waals surface area contributed by atoms with Crippen LogP contribution in [0, 0.1) is 5.82 Å². The van der Waals surface area contributed by atoms with E-state index < -0.39 is 12.0 Å². The first-order valence-corrected chi connectivity index (χ1v) is 9.06. The smallest absolute Gasteiger partial charge is 0.414 e. The van der Waals surface area contributed by atoms with Gasteiger partial charge in [0.2, 0.25) is 0 Å². The first kappa shape index (κ1) is 17.2. The number of hydrogen-bond donors (Lipinski definition) is 1. The third-order valence-electron chi connectivity index (χ3n) is 4.02. The van der Waals surface area contributed by atoms with Gasteiger partial charge in [0, 0.05) is 22.3 Å². The molecule has 0 bridgehead atoms. The second-order valence-corrected chi connectivity index (χ2v) is 6.65. The lowest BCUT2D eigenvalue weighted by atomic mass is 10.2. The number of rotatable bonds is 4. The van der Waals surface area contributed by atoms with E-state index in [1.165, 1.54) is 22.3 Å². The molecule has 2 heterocycles. The van der Waals surface area contributed by atoms with Crippen molar-refractivity contribution in [3.63, 3.8) is 0 Å². The van der Waals surface area contributed by atoms with Gasteiger partial charge in [0.1, 0.15) is 23.1 Å². The van der Waals surface area contributed by atoms with Gasteiger partial charge in [-0.05, 0) is 30.3 Å². The molecule has 1 fully saturated rings. The molecule has 4 rings (SSSR count). The number of anilines is 2. The molecule has 1 aliphatic rings. The van der Waals surface area contributed by atoms with Crippen molar-refractivity contribution in [3.8, 4) is 10.6 Å². The number of hydrogen-bond acceptors (Lipinski definition) is 5. The maximum Gasteiger partial charge on any atom is 0.414 e. The number of cyclic esters (lactones) is 1. The molecule has 136 valence electrons. The Morgan fingerprint density at radius 1 is 1.22 bits per heavy atom. The minimum atomic E-state index is -0.410. The van der Waals surface area contributed by atoms with Crippen LogP contribution >= 0.6 is 11.3 Å². The zero-order valence-corrected chi connectivity index (χ0v) is 14.8. The van der Waals surface area contributed by atoms with Gasteiger partial charge in [-0.15, -0.1) is 11.3 Å². The Labute approximate surface area is 158 Å². The normalized spacial score (nSPS) is 13.5. The van der Waals surface area contributed by atoms with Crippen LogP contribution in [0.3, 0.4) is 0 Å². The highest BCUT2D eigenvalue weighted by molar-refractivity contribution is 7.13. The lowest BCUT2D eigenvalue weighted by molar-refractivity contribution is 0.102. The van der Waals surface area contributed by atoms with Crippen molar-refractivity contribution in [3.05, 3.63) is 65.4 Å². The van der Waals surface area contributed by atoms with Gasteiger partial charge in [-0.25, -0.2) is 14.2 Å². The molecule has 0 saturated carbocycles. The molecule has 6 nitrogen and oxygen atoms in total. The molecule has 0 radical (unpaired) electrons. The van der Waals surface area contributed by atoms with Gasteiger partial charge in [-0.3, -0.25) is 9.69 Å². The summed E-state index contributed by atoms with van der Waals surface area (Å²) >= 11 is 1.20. The highest BCUT2D eigenvalue weighted by Crippen LogP contribution is 2.27. The Kier molecular flexibility index (Phi) is 4.55. The molecular weight excluding hydrogens is 369 g/mol. The average Bonchev–Trinajstić information content (AvgIpc) is 3.31. The SMILES string of the molecule is O=C(Nc1cccc(N2CCOC2=O)c1)c1csc(-c2ccccc2F)n1. The zero-order valence-electron chi connectivity index (χ0n) is 14.0. The molecule has 2 amide bonds. The Bertz CT molecular complexity index is 1020. The molecule has 1 aromatic heterocycles. The van der Waals surface area contributed by atoms with Crippen molar-refractivity contribution in [2.75, 3.05) is 23.4 Å². The number of nitrogens with zero attached hydrogens (tertiary/aromatic N) is 2. The van der Waals surface area contributed by atoms with Crippen LogP contribution in [0.15, 0.2) is 53.9 Å². The van der Waals surface area contributed by atoms with E-state index in [4.69, 9.17) is 4.74 Å². The molecule has 0 unspecified atom stereocenters. The van der Waals surface area contributed by atoms with Crippen LogP contribution in [-0.2, 0) is 4.74 Å². The summed E-state index contributed by atoms with van der Waals surface area (Å²) in [5, 5.41) is 4.77. The third kappa shape index (κ3) is 3.52. The predicted octanol–water partition coefficient (Wildman–Crippen LogP) is 4.16. The molecule has 1 N–H and O–H groups in total. The monoisotopic (exact) mass is 383 g/mol. The topological polar surface area (TPSA) is 71.5 Å². The second kappa shape index (κ2) is 7.16. The summed E-state index contributed by atoms with van der Waals surface area (Å²) in [6, 6.07) is 13.2. The van der Waals surface area contributed by atoms with Crippen molar-refractivity contribution in [1.29, 1.82) is 0 Å². The van der Waals surface area contributed by atoms with Crippen molar-refractivity contribution in [2.24, 2.45) is 0 Å². The van der Waals surface area contributed by atoms with E-state index in [1.807, 2.05) is 0 Å². The number of nitrogens with one attached hydrogen (secondary N) is 1. The molecular formula is C19H14FN3O3S. The second-order valence-electron chi connectivity index (χ2n) is 5.79. The highest BCUT2D eigenvalue weighted by Gasteiger charge is 2.23. The van der Waals surface area contributed by atoms with E-state index in [0.717, 1.165) is 0 Å². The van der Waals surface area contributed by atoms with Gasteiger partial charge in [0.15, 0.2) is 0 Å². The van der Waals surface area contributed by atoms with Gasteiger partial charge < -0.3 is 10.1 Å². The molecule has 1 saturated heterocycles. The van der Waals surface area contributed by atoms with E-state index in [-0.39, 0.29) is 11.5 Å². The minimum Gasteiger partial charge on any atom is -0.447 e. The maximum atomic E-state index is 13.9. The fraction of sp³-hybridized carbons (Fsp3) is 0.105. The van der Waals surface area contributed by atoms with Crippen molar-refractivity contribution < 1.29 is 18.7 Å². The Hall–Kier alpha value is -3.26. The fourth-order valence-corrected chi connectivity index (χ4v) is 3.54. The highest BCUT2D eigenvalue weighted by atomic mass is 32.1. The number of thiazole rings is 1. The minimum absolute atomic E-state index is 0.198. The van der Waals surface area contributed by atoms with Gasteiger partial charge in [0.05, 0.1) is 6.54 Å². The number of carbonyl (C=O) groups excluding carboxylic acids is 2. The molecule has 1 aliphatic heterocycles. The Balaban J connectivity index is 1.52. The quantitative estimate of drug-likeness (QED) is 0.734. The first-order chi connectivity index (χ1) is 13.1. The summed E-state index contributed by atoms with van der Waals surface area (Å²) < 4.78 is 18.8. The number of benzene rings is 2. The number of halogens is 1. The summed E-state index contributed by atoms with van der Waals surface area (Å²) in [6.07, 6.45) is -0.410. The lowest BCUT2D eigenvalue weighted by Gasteiger charge is -2.14. The van der Waals surface area contributed by atoms with Gasteiger partial charge >= 0.3 is 6.09 Å². The lowest BCUT2D eigenvalue weighted by Crippen LogP contribution is -2.23. The van der Waals surface area contributed by atoms with Gasteiger partial charge in [0.25, 0.3) is 5.91 Å². The van der Waals surface area contributed by atoms with Crippen molar-refractivity contribution >= 4 is 34.7 Å².